The maximum atomic E-state index is 12.0. The van der Waals surface area contributed by atoms with Crippen LogP contribution < -0.4 is 0 Å². The minimum absolute atomic E-state index is 0.0624. The zero-order chi connectivity index (χ0) is 12.0. The molecule has 0 N–H and O–H groups in total. The van der Waals surface area contributed by atoms with Crippen molar-refractivity contribution in [1.82, 2.24) is 0 Å². The molecule has 1 aliphatic heterocycles. The van der Waals surface area contributed by atoms with Crippen molar-refractivity contribution in [2.24, 2.45) is 11.8 Å². The molecule has 1 heterocycles. The monoisotopic (exact) mass is 274 g/mol. The predicted molar refractivity (Wildman–Crippen MR) is 53.1 cm³/mol. The highest BCUT2D eigenvalue weighted by Gasteiger charge is 2.49. The molecular formula is C8H9F3O3S2. The van der Waals surface area contributed by atoms with Crippen molar-refractivity contribution in [1.29, 1.82) is 0 Å². The quantitative estimate of drug-likeness (QED) is 0.571. The SMILES string of the molecule is O=S(=O)(OC1=CC2CSCC2C1)C(F)(F)F. The highest BCUT2D eigenvalue weighted by molar-refractivity contribution is 7.99. The maximum Gasteiger partial charge on any atom is 0.534 e. The average Bonchev–Trinajstić information content (AvgIpc) is 2.59. The minimum Gasteiger partial charge on any atom is -0.381 e. The molecule has 1 saturated heterocycles. The summed E-state index contributed by atoms with van der Waals surface area (Å²) in [5.41, 5.74) is -5.35. The summed E-state index contributed by atoms with van der Waals surface area (Å²) in [6.07, 6.45) is 1.79. The van der Waals surface area contributed by atoms with E-state index in [4.69, 9.17) is 0 Å². The fourth-order valence-corrected chi connectivity index (χ4v) is 3.77. The first-order valence-electron chi connectivity index (χ1n) is 4.59. The molecule has 16 heavy (non-hydrogen) atoms. The lowest BCUT2D eigenvalue weighted by molar-refractivity contribution is -0.0523. The Bertz CT molecular complexity index is 413. The van der Waals surface area contributed by atoms with Gasteiger partial charge in [-0.05, 0) is 23.7 Å². The van der Waals surface area contributed by atoms with E-state index < -0.39 is 15.6 Å². The molecule has 1 aliphatic carbocycles. The summed E-state index contributed by atoms with van der Waals surface area (Å²) < 4.78 is 61.7. The highest BCUT2D eigenvalue weighted by atomic mass is 32.2. The minimum atomic E-state index is -5.49. The zero-order valence-corrected chi connectivity index (χ0v) is 9.66. The first-order valence-corrected chi connectivity index (χ1v) is 7.15. The van der Waals surface area contributed by atoms with E-state index in [0.29, 0.717) is 0 Å². The van der Waals surface area contributed by atoms with Gasteiger partial charge in [-0.1, -0.05) is 0 Å². The van der Waals surface area contributed by atoms with Crippen molar-refractivity contribution in [2.75, 3.05) is 11.5 Å². The lowest BCUT2D eigenvalue weighted by Crippen LogP contribution is -2.25. The van der Waals surface area contributed by atoms with E-state index in [1.165, 1.54) is 6.08 Å². The molecule has 8 heteroatoms. The number of halogens is 3. The lowest BCUT2D eigenvalue weighted by atomic mass is 10.0. The van der Waals surface area contributed by atoms with E-state index in [-0.39, 0.29) is 24.0 Å². The Hall–Kier alpha value is -0.370. The van der Waals surface area contributed by atoms with Crippen molar-refractivity contribution < 1.29 is 25.8 Å². The highest BCUT2D eigenvalue weighted by Crippen LogP contribution is 2.42. The first-order chi connectivity index (χ1) is 7.29. The van der Waals surface area contributed by atoms with E-state index in [9.17, 15) is 21.6 Å². The van der Waals surface area contributed by atoms with Crippen molar-refractivity contribution in [3.8, 4) is 0 Å². The number of allylic oxidation sites excluding steroid dienone is 2. The molecule has 2 rings (SSSR count). The van der Waals surface area contributed by atoms with Gasteiger partial charge in [-0.2, -0.15) is 33.4 Å². The van der Waals surface area contributed by atoms with Crippen LogP contribution in [0, 0.1) is 11.8 Å². The molecule has 0 aromatic rings. The summed E-state index contributed by atoms with van der Waals surface area (Å²) >= 11 is 1.72. The third kappa shape index (κ3) is 2.17. The average molecular weight is 274 g/mol. The number of hydrogen-bond donors (Lipinski definition) is 0. The van der Waals surface area contributed by atoms with Gasteiger partial charge in [0.2, 0.25) is 0 Å². The van der Waals surface area contributed by atoms with E-state index >= 15 is 0 Å². The fourth-order valence-electron chi connectivity index (χ4n) is 1.82. The second-order valence-corrected chi connectivity index (χ2v) is 6.39. The van der Waals surface area contributed by atoms with Crippen LogP contribution in [-0.4, -0.2) is 25.4 Å². The van der Waals surface area contributed by atoms with Crippen LogP contribution in [0.4, 0.5) is 13.2 Å². The third-order valence-corrected chi connectivity index (χ3v) is 4.90. The Kier molecular flexibility index (Phi) is 2.90. The summed E-state index contributed by atoms with van der Waals surface area (Å²) in [6.45, 7) is 0. The molecule has 0 amide bonds. The topological polar surface area (TPSA) is 43.4 Å². The number of thioether (sulfide) groups is 1. The molecule has 1 fully saturated rings. The molecule has 0 bridgehead atoms. The summed E-state index contributed by atoms with van der Waals surface area (Å²) in [6, 6.07) is 0. The van der Waals surface area contributed by atoms with Gasteiger partial charge in [-0.3, -0.25) is 0 Å². The molecular weight excluding hydrogens is 265 g/mol. The second-order valence-electron chi connectivity index (χ2n) is 3.78. The van der Waals surface area contributed by atoms with Crippen molar-refractivity contribution in [2.45, 2.75) is 11.9 Å². The second kappa shape index (κ2) is 3.83. The summed E-state index contributed by atoms with van der Waals surface area (Å²) in [5.74, 6) is 1.99. The van der Waals surface area contributed by atoms with Gasteiger partial charge in [0.05, 0.1) is 0 Å². The maximum absolute atomic E-state index is 12.0. The molecule has 0 aromatic carbocycles. The van der Waals surface area contributed by atoms with Crippen molar-refractivity contribution in [3.05, 3.63) is 11.8 Å². The molecule has 0 aromatic heterocycles. The van der Waals surface area contributed by atoms with E-state index in [2.05, 4.69) is 4.18 Å². The Morgan fingerprint density at radius 2 is 2.06 bits per heavy atom. The number of fused-ring (bicyclic) bond motifs is 1. The number of alkyl halides is 3. The molecule has 2 aliphatic rings. The lowest BCUT2D eigenvalue weighted by Gasteiger charge is -2.10. The standard InChI is InChI=1S/C8H9F3O3S2/c9-8(10,11)16(12,13)14-7-1-5-3-15-4-6(5)2-7/h1,5-6H,2-4H2. The Morgan fingerprint density at radius 3 is 2.62 bits per heavy atom. The van der Waals surface area contributed by atoms with Crippen LogP contribution in [0.2, 0.25) is 0 Å². The van der Waals surface area contributed by atoms with Crippen molar-refractivity contribution in [3.63, 3.8) is 0 Å². The third-order valence-electron chi connectivity index (χ3n) is 2.61. The molecule has 0 radical (unpaired) electrons. The van der Waals surface area contributed by atoms with Gasteiger partial charge >= 0.3 is 15.6 Å². The van der Waals surface area contributed by atoms with Crippen LogP contribution in [0.5, 0.6) is 0 Å². The Morgan fingerprint density at radius 1 is 1.38 bits per heavy atom. The predicted octanol–water partition coefficient (Wildman–Crippen LogP) is 2.12. The molecule has 0 spiro atoms. The van der Waals surface area contributed by atoms with E-state index in [1.807, 2.05) is 0 Å². The number of rotatable bonds is 2. The molecule has 3 nitrogen and oxygen atoms in total. The van der Waals surface area contributed by atoms with Crippen LogP contribution in [0.3, 0.4) is 0 Å². The molecule has 92 valence electrons. The molecule has 2 atom stereocenters. The Balaban J connectivity index is 2.07. The van der Waals surface area contributed by atoms with Gasteiger partial charge in [0.25, 0.3) is 0 Å². The van der Waals surface area contributed by atoms with E-state index in [0.717, 1.165) is 11.5 Å². The van der Waals surface area contributed by atoms with Crippen LogP contribution in [-0.2, 0) is 14.3 Å². The van der Waals surface area contributed by atoms with Crippen LogP contribution in [0.15, 0.2) is 11.8 Å². The Labute approximate surface area is 95.2 Å². The molecule has 0 saturated carbocycles. The normalized spacial score (nSPS) is 30.1. The smallest absolute Gasteiger partial charge is 0.381 e. The largest absolute Gasteiger partial charge is 0.534 e. The van der Waals surface area contributed by atoms with Gasteiger partial charge in [0.15, 0.2) is 0 Å². The van der Waals surface area contributed by atoms with Gasteiger partial charge < -0.3 is 4.18 Å². The summed E-state index contributed by atoms with van der Waals surface area (Å²) in [4.78, 5) is 0. The zero-order valence-electron chi connectivity index (χ0n) is 8.03. The fraction of sp³-hybridized carbons (Fsp3) is 0.750. The summed E-state index contributed by atoms with van der Waals surface area (Å²) in [5, 5.41) is 0. The van der Waals surface area contributed by atoms with Gasteiger partial charge in [0.1, 0.15) is 5.76 Å². The van der Waals surface area contributed by atoms with Crippen LogP contribution >= 0.6 is 11.8 Å². The van der Waals surface area contributed by atoms with Gasteiger partial charge in [-0.25, -0.2) is 0 Å². The van der Waals surface area contributed by atoms with Crippen LogP contribution in [0.25, 0.3) is 0 Å². The molecule has 2 unspecified atom stereocenters. The van der Waals surface area contributed by atoms with E-state index in [1.54, 1.807) is 11.8 Å². The van der Waals surface area contributed by atoms with Crippen molar-refractivity contribution >= 4 is 21.9 Å². The first kappa shape index (κ1) is 12.1. The summed E-state index contributed by atoms with van der Waals surface area (Å²) in [7, 11) is -5.49. The van der Waals surface area contributed by atoms with Gasteiger partial charge in [-0.15, -0.1) is 0 Å². The van der Waals surface area contributed by atoms with Gasteiger partial charge in [0, 0.05) is 12.2 Å². The van der Waals surface area contributed by atoms with Crippen LogP contribution in [0.1, 0.15) is 6.42 Å². The number of hydrogen-bond acceptors (Lipinski definition) is 4.